The smallest absolute Gasteiger partial charge is 0.170 e. The van der Waals surface area contributed by atoms with E-state index in [1.54, 1.807) is 11.8 Å². The lowest BCUT2D eigenvalue weighted by Gasteiger charge is -2.08. The van der Waals surface area contributed by atoms with E-state index in [1.165, 1.54) is 16.0 Å². The van der Waals surface area contributed by atoms with Crippen molar-refractivity contribution in [2.45, 2.75) is 23.6 Å². The van der Waals surface area contributed by atoms with Gasteiger partial charge in [0.25, 0.3) is 0 Å². The van der Waals surface area contributed by atoms with Crippen LogP contribution in [0.5, 0.6) is 0 Å². The zero-order valence-corrected chi connectivity index (χ0v) is 13.6. The number of halogens is 1. The Morgan fingerprint density at radius 3 is 2.50 bits per heavy atom. The molecule has 0 aliphatic heterocycles. The van der Waals surface area contributed by atoms with Crippen molar-refractivity contribution in [2.75, 3.05) is 0 Å². The second-order valence-corrected chi connectivity index (χ2v) is 6.45. The van der Waals surface area contributed by atoms with Gasteiger partial charge in [0.05, 0.1) is 0 Å². The summed E-state index contributed by atoms with van der Waals surface area (Å²) in [6.07, 6.45) is 0. The van der Waals surface area contributed by atoms with Gasteiger partial charge in [-0.05, 0) is 71.2 Å². The highest BCUT2D eigenvalue weighted by Gasteiger charge is 2.07. The molecule has 104 valence electrons. The number of aryl methyl sites for hydroxylation is 2. The van der Waals surface area contributed by atoms with E-state index in [9.17, 15) is 0 Å². The van der Waals surface area contributed by atoms with Gasteiger partial charge >= 0.3 is 0 Å². The molecule has 0 heterocycles. The Bertz CT molecular complexity index is 671. The number of hydrogen-bond donors (Lipinski definition) is 2. The van der Waals surface area contributed by atoms with Crippen LogP contribution in [0.15, 0.2) is 55.8 Å². The number of benzene rings is 2. The zero-order chi connectivity index (χ0) is 14.7. The SMILES string of the molecule is Cc1ccc(Sc2ccc(/C(N)=N/O)cc2Br)cc1C. The Kier molecular flexibility index (Phi) is 4.73. The van der Waals surface area contributed by atoms with Crippen molar-refractivity contribution in [1.29, 1.82) is 0 Å². The molecule has 0 aliphatic carbocycles. The van der Waals surface area contributed by atoms with Crippen LogP contribution in [0, 0.1) is 13.8 Å². The maximum Gasteiger partial charge on any atom is 0.170 e. The van der Waals surface area contributed by atoms with E-state index in [2.05, 4.69) is 53.1 Å². The number of amidine groups is 1. The molecule has 2 aromatic rings. The molecule has 0 unspecified atom stereocenters. The molecule has 0 spiro atoms. The van der Waals surface area contributed by atoms with E-state index in [-0.39, 0.29) is 5.84 Å². The predicted octanol–water partition coefficient (Wildman–Crippen LogP) is 4.31. The van der Waals surface area contributed by atoms with E-state index in [0.717, 1.165) is 9.37 Å². The van der Waals surface area contributed by atoms with Crippen LogP contribution in [0.1, 0.15) is 16.7 Å². The number of nitrogens with zero attached hydrogens (tertiary/aromatic N) is 1. The normalized spacial score (nSPS) is 11.7. The topological polar surface area (TPSA) is 58.6 Å². The third-order valence-electron chi connectivity index (χ3n) is 3.04. The standard InChI is InChI=1S/C15H15BrN2OS/c1-9-3-5-12(7-10(9)2)20-14-6-4-11(8-13(14)16)15(17)18-19/h3-8,19H,1-2H3,(H2,17,18). The Hall–Kier alpha value is -1.46. The minimum atomic E-state index is 0.105. The highest BCUT2D eigenvalue weighted by atomic mass is 79.9. The molecular weight excluding hydrogens is 336 g/mol. The number of nitrogens with two attached hydrogens (primary N) is 1. The third-order valence-corrected chi connectivity index (χ3v) is 5.03. The van der Waals surface area contributed by atoms with Crippen LogP contribution in [-0.4, -0.2) is 11.0 Å². The van der Waals surface area contributed by atoms with Crippen LogP contribution in [0.4, 0.5) is 0 Å². The van der Waals surface area contributed by atoms with Crippen LogP contribution in [0.3, 0.4) is 0 Å². The second kappa shape index (κ2) is 6.33. The van der Waals surface area contributed by atoms with Crippen LogP contribution in [0.2, 0.25) is 0 Å². The van der Waals surface area contributed by atoms with Crippen molar-refractivity contribution in [3.8, 4) is 0 Å². The zero-order valence-electron chi connectivity index (χ0n) is 11.2. The summed E-state index contributed by atoms with van der Waals surface area (Å²) in [6, 6.07) is 12.0. The van der Waals surface area contributed by atoms with E-state index in [0.29, 0.717) is 5.56 Å². The van der Waals surface area contributed by atoms with Gasteiger partial charge in [-0.25, -0.2) is 0 Å². The minimum Gasteiger partial charge on any atom is -0.409 e. The summed E-state index contributed by atoms with van der Waals surface area (Å²) in [5.41, 5.74) is 8.82. The largest absolute Gasteiger partial charge is 0.409 e. The lowest BCUT2D eigenvalue weighted by molar-refractivity contribution is 0.318. The van der Waals surface area contributed by atoms with E-state index in [1.807, 2.05) is 18.2 Å². The van der Waals surface area contributed by atoms with Gasteiger partial charge < -0.3 is 10.9 Å². The first-order valence-corrected chi connectivity index (χ1v) is 7.65. The Morgan fingerprint density at radius 1 is 1.15 bits per heavy atom. The van der Waals surface area contributed by atoms with Gasteiger partial charge in [0, 0.05) is 19.8 Å². The van der Waals surface area contributed by atoms with Crippen molar-refractivity contribution in [3.05, 3.63) is 57.6 Å². The summed E-state index contributed by atoms with van der Waals surface area (Å²) in [5.74, 6) is 0.105. The van der Waals surface area contributed by atoms with Crippen LogP contribution >= 0.6 is 27.7 Å². The maximum absolute atomic E-state index is 8.68. The fourth-order valence-corrected chi connectivity index (χ4v) is 3.24. The van der Waals surface area contributed by atoms with Crippen molar-refractivity contribution in [1.82, 2.24) is 0 Å². The molecule has 0 saturated heterocycles. The fourth-order valence-electron chi connectivity index (χ4n) is 1.71. The van der Waals surface area contributed by atoms with E-state index >= 15 is 0 Å². The van der Waals surface area contributed by atoms with Crippen LogP contribution in [0.25, 0.3) is 0 Å². The lowest BCUT2D eigenvalue weighted by Crippen LogP contribution is -2.12. The molecule has 0 fully saturated rings. The predicted molar refractivity (Wildman–Crippen MR) is 86.7 cm³/mol. The van der Waals surface area contributed by atoms with Gasteiger partial charge in [0.1, 0.15) is 0 Å². The summed E-state index contributed by atoms with van der Waals surface area (Å²) in [7, 11) is 0. The molecule has 0 radical (unpaired) electrons. The van der Waals surface area contributed by atoms with Crippen molar-refractivity contribution in [2.24, 2.45) is 10.9 Å². The highest BCUT2D eigenvalue weighted by Crippen LogP contribution is 2.34. The molecule has 0 aliphatic rings. The Labute approximate surface area is 131 Å². The van der Waals surface area contributed by atoms with Crippen LogP contribution in [-0.2, 0) is 0 Å². The number of rotatable bonds is 3. The molecule has 3 N–H and O–H groups in total. The van der Waals surface area contributed by atoms with E-state index < -0.39 is 0 Å². The third kappa shape index (κ3) is 3.35. The molecule has 0 atom stereocenters. The molecule has 0 saturated carbocycles. The Balaban J connectivity index is 2.28. The van der Waals surface area contributed by atoms with Gasteiger partial charge in [-0.1, -0.05) is 23.0 Å². The summed E-state index contributed by atoms with van der Waals surface area (Å²) in [5, 5.41) is 11.7. The molecular formula is C15H15BrN2OS. The molecule has 3 nitrogen and oxygen atoms in total. The molecule has 0 amide bonds. The van der Waals surface area contributed by atoms with Crippen LogP contribution < -0.4 is 5.73 Å². The first-order chi connectivity index (χ1) is 9.51. The first kappa shape index (κ1) is 14.9. The quantitative estimate of drug-likeness (QED) is 0.375. The van der Waals surface area contributed by atoms with Gasteiger partial charge in [-0.15, -0.1) is 0 Å². The summed E-state index contributed by atoms with van der Waals surface area (Å²) >= 11 is 5.20. The molecule has 0 bridgehead atoms. The second-order valence-electron chi connectivity index (χ2n) is 4.48. The number of oxime groups is 1. The minimum absolute atomic E-state index is 0.105. The molecule has 2 aromatic carbocycles. The molecule has 5 heteroatoms. The van der Waals surface area contributed by atoms with Crippen molar-refractivity contribution >= 4 is 33.5 Å². The summed E-state index contributed by atoms with van der Waals surface area (Å²) in [4.78, 5) is 2.27. The number of hydrogen-bond acceptors (Lipinski definition) is 3. The van der Waals surface area contributed by atoms with Gasteiger partial charge in [0.15, 0.2) is 5.84 Å². The average Bonchev–Trinajstić information content (AvgIpc) is 2.44. The molecule has 20 heavy (non-hydrogen) atoms. The van der Waals surface area contributed by atoms with Crippen molar-refractivity contribution < 1.29 is 5.21 Å². The Morgan fingerprint density at radius 2 is 1.90 bits per heavy atom. The van der Waals surface area contributed by atoms with Gasteiger partial charge in [0.2, 0.25) is 0 Å². The summed E-state index contributed by atoms with van der Waals surface area (Å²) < 4.78 is 0.921. The fraction of sp³-hybridized carbons (Fsp3) is 0.133. The van der Waals surface area contributed by atoms with Crippen molar-refractivity contribution in [3.63, 3.8) is 0 Å². The maximum atomic E-state index is 8.68. The van der Waals surface area contributed by atoms with E-state index in [4.69, 9.17) is 10.9 Å². The first-order valence-electron chi connectivity index (χ1n) is 6.04. The monoisotopic (exact) mass is 350 g/mol. The highest BCUT2D eigenvalue weighted by molar-refractivity contribution is 9.10. The van der Waals surface area contributed by atoms with Gasteiger partial charge in [-0.2, -0.15) is 0 Å². The summed E-state index contributed by atoms with van der Waals surface area (Å²) in [6.45, 7) is 4.21. The molecule has 0 aromatic heterocycles. The van der Waals surface area contributed by atoms with Gasteiger partial charge in [-0.3, -0.25) is 0 Å². The molecule has 2 rings (SSSR count). The lowest BCUT2D eigenvalue weighted by atomic mass is 10.1. The average molecular weight is 351 g/mol.